The highest BCUT2D eigenvalue weighted by molar-refractivity contribution is 6.36. The van der Waals surface area contributed by atoms with Crippen LogP contribution in [0.1, 0.15) is 13.3 Å². The summed E-state index contributed by atoms with van der Waals surface area (Å²) >= 11 is 11.2. The zero-order valence-corrected chi connectivity index (χ0v) is 8.57. The fourth-order valence-electron chi connectivity index (χ4n) is 1.42. The van der Waals surface area contributed by atoms with Gasteiger partial charge in [-0.05, 0) is 13.3 Å². The minimum Gasteiger partial charge on any atom is -0.389 e. The summed E-state index contributed by atoms with van der Waals surface area (Å²) in [5.74, 6) is 0. The van der Waals surface area contributed by atoms with E-state index in [-0.39, 0.29) is 0 Å². The van der Waals surface area contributed by atoms with Gasteiger partial charge in [0.2, 0.25) is 0 Å². The van der Waals surface area contributed by atoms with Crippen molar-refractivity contribution in [3.8, 4) is 0 Å². The van der Waals surface area contributed by atoms with Gasteiger partial charge < -0.3 is 5.11 Å². The van der Waals surface area contributed by atoms with Gasteiger partial charge in [-0.25, -0.2) is 0 Å². The predicted octanol–water partition coefficient (Wildman–Crippen LogP) is 1.76. The molecule has 0 aromatic carbocycles. The minimum absolute atomic E-state index is 0.552. The molecule has 1 unspecified atom stereocenters. The zero-order valence-electron chi connectivity index (χ0n) is 7.06. The second-order valence-corrected chi connectivity index (χ2v) is 4.22. The van der Waals surface area contributed by atoms with Gasteiger partial charge in [0.15, 0.2) is 0 Å². The largest absolute Gasteiger partial charge is 0.389 e. The maximum Gasteiger partial charge on any atom is 0.0758 e. The Morgan fingerprint density at radius 3 is 2.83 bits per heavy atom. The first-order valence-corrected chi connectivity index (χ1v) is 4.74. The molecule has 12 heavy (non-hydrogen) atoms. The van der Waals surface area contributed by atoms with E-state index in [1.54, 1.807) is 0 Å². The predicted molar refractivity (Wildman–Crippen MR) is 51.5 cm³/mol. The smallest absolute Gasteiger partial charge is 0.0758 e. The first-order valence-electron chi connectivity index (χ1n) is 3.93. The Balaban J connectivity index is 2.38. The van der Waals surface area contributed by atoms with Crippen LogP contribution in [0.15, 0.2) is 10.6 Å². The van der Waals surface area contributed by atoms with Gasteiger partial charge in [-0.15, -0.1) is 0 Å². The van der Waals surface area contributed by atoms with E-state index in [0.717, 1.165) is 13.0 Å². The van der Waals surface area contributed by atoms with Gasteiger partial charge in [0, 0.05) is 30.2 Å². The quantitative estimate of drug-likeness (QED) is 0.750. The highest BCUT2D eigenvalue weighted by atomic mass is 35.5. The van der Waals surface area contributed by atoms with Crippen molar-refractivity contribution in [2.45, 2.75) is 18.9 Å². The number of halogens is 2. The summed E-state index contributed by atoms with van der Waals surface area (Å²) in [7, 11) is 0. The number of hydrogen-bond donors (Lipinski definition) is 1. The van der Waals surface area contributed by atoms with Crippen LogP contribution in [0.4, 0.5) is 0 Å². The Morgan fingerprint density at radius 1 is 1.75 bits per heavy atom. The number of hydrogen-bond acceptors (Lipinski definition) is 2. The molecular weight excluding hydrogens is 197 g/mol. The van der Waals surface area contributed by atoms with Crippen molar-refractivity contribution in [2.24, 2.45) is 0 Å². The average molecular weight is 210 g/mol. The van der Waals surface area contributed by atoms with Crippen molar-refractivity contribution < 1.29 is 5.11 Å². The third kappa shape index (κ3) is 2.94. The summed E-state index contributed by atoms with van der Waals surface area (Å²) in [4.78, 5) is 2.08. The first-order chi connectivity index (χ1) is 5.53. The Labute approximate surface area is 82.8 Å². The molecule has 1 saturated heterocycles. The summed E-state index contributed by atoms with van der Waals surface area (Å²) in [6, 6.07) is 0. The van der Waals surface area contributed by atoms with Crippen LogP contribution in [0.25, 0.3) is 0 Å². The summed E-state index contributed by atoms with van der Waals surface area (Å²) < 4.78 is 0. The van der Waals surface area contributed by atoms with Crippen molar-refractivity contribution in [3.63, 3.8) is 0 Å². The molecule has 0 saturated carbocycles. The molecule has 2 nitrogen and oxygen atoms in total. The molecule has 1 atom stereocenters. The van der Waals surface area contributed by atoms with E-state index in [1.165, 1.54) is 5.54 Å². The van der Waals surface area contributed by atoms with E-state index >= 15 is 0 Å². The van der Waals surface area contributed by atoms with Crippen LogP contribution in [0.5, 0.6) is 0 Å². The number of β-amino-alcohol motifs (C(OH)–C–C–N with tert-alkyl or cyclic N) is 1. The molecule has 1 aliphatic rings. The van der Waals surface area contributed by atoms with Gasteiger partial charge in [-0.2, -0.15) is 0 Å². The lowest BCUT2D eigenvalue weighted by Gasteiger charge is -2.17. The van der Waals surface area contributed by atoms with E-state index in [0.29, 0.717) is 18.1 Å². The molecule has 0 aromatic heterocycles. The summed E-state index contributed by atoms with van der Waals surface area (Å²) in [5.41, 5.74) is 0.818. The molecule has 0 aliphatic carbocycles. The molecule has 0 spiro atoms. The lowest BCUT2D eigenvalue weighted by molar-refractivity contribution is 0.0701. The molecule has 1 N–H and O–H groups in total. The summed E-state index contributed by atoms with van der Waals surface area (Å²) in [5, 5.41) is 10.2. The van der Waals surface area contributed by atoms with Gasteiger partial charge in [0.1, 0.15) is 0 Å². The fraction of sp³-hybridized carbons (Fsp3) is 0.750. The lowest BCUT2D eigenvalue weighted by Crippen LogP contribution is -2.30. The molecule has 0 bridgehead atoms. The minimum atomic E-state index is -0.552. The summed E-state index contributed by atoms with van der Waals surface area (Å²) in [6.07, 6.45) is 0.805. The normalized spacial score (nSPS) is 32.8. The topological polar surface area (TPSA) is 23.5 Å². The van der Waals surface area contributed by atoms with Crippen LogP contribution in [-0.2, 0) is 0 Å². The van der Waals surface area contributed by atoms with Gasteiger partial charge in [0.05, 0.1) is 5.60 Å². The third-order valence-electron chi connectivity index (χ3n) is 2.02. The number of aliphatic hydroxyl groups is 1. The Bertz CT molecular complexity index is 191. The van der Waals surface area contributed by atoms with Crippen LogP contribution < -0.4 is 0 Å². The molecular formula is C8H13Cl2NO. The second kappa shape index (κ2) is 3.97. The maximum atomic E-state index is 9.61. The van der Waals surface area contributed by atoms with Crippen LogP contribution >= 0.6 is 23.2 Å². The molecule has 70 valence electrons. The van der Waals surface area contributed by atoms with E-state index in [1.807, 2.05) is 6.92 Å². The highest BCUT2D eigenvalue weighted by Gasteiger charge is 2.30. The molecule has 1 fully saturated rings. The fourth-order valence-corrected chi connectivity index (χ4v) is 1.66. The van der Waals surface area contributed by atoms with Crippen molar-refractivity contribution in [3.05, 3.63) is 10.6 Å². The van der Waals surface area contributed by atoms with Gasteiger partial charge >= 0.3 is 0 Å². The van der Waals surface area contributed by atoms with Crippen molar-refractivity contribution in [2.75, 3.05) is 19.6 Å². The first kappa shape index (κ1) is 10.3. The van der Waals surface area contributed by atoms with Crippen molar-refractivity contribution in [1.82, 2.24) is 4.90 Å². The molecule has 4 heteroatoms. The zero-order chi connectivity index (χ0) is 9.19. The lowest BCUT2D eigenvalue weighted by atomic mass is 10.1. The Morgan fingerprint density at radius 2 is 2.42 bits per heavy atom. The third-order valence-corrected chi connectivity index (χ3v) is 2.63. The Hall–Kier alpha value is 0.240. The molecule has 1 heterocycles. The molecule has 0 amide bonds. The number of nitrogens with zero attached hydrogens (tertiary/aromatic N) is 1. The van der Waals surface area contributed by atoms with Crippen LogP contribution in [0.3, 0.4) is 0 Å². The molecule has 1 aliphatic heterocycles. The average Bonchev–Trinajstić information content (AvgIpc) is 2.30. The monoisotopic (exact) mass is 209 g/mol. The van der Waals surface area contributed by atoms with Gasteiger partial charge in [0.25, 0.3) is 0 Å². The Kier molecular flexibility index (Phi) is 3.41. The highest BCUT2D eigenvalue weighted by Crippen LogP contribution is 2.21. The van der Waals surface area contributed by atoms with E-state index in [9.17, 15) is 5.11 Å². The second-order valence-electron chi connectivity index (χ2n) is 3.51. The molecule has 1 rings (SSSR count). The maximum absolute atomic E-state index is 9.61. The number of rotatable bonds is 2. The summed E-state index contributed by atoms with van der Waals surface area (Å²) in [6.45, 7) is 4.04. The van der Waals surface area contributed by atoms with Gasteiger partial charge in [-0.1, -0.05) is 23.2 Å². The van der Waals surface area contributed by atoms with Crippen molar-refractivity contribution in [1.29, 1.82) is 0 Å². The molecule has 0 radical (unpaired) electrons. The van der Waals surface area contributed by atoms with Crippen LogP contribution in [0.2, 0.25) is 0 Å². The van der Waals surface area contributed by atoms with E-state index in [4.69, 9.17) is 23.2 Å². The standard InChI is InChI=1S/C8H13Cl2NO/c1-8(12)2-3-11(6-8)5-7(10)4-9/h4,12H,2-3,5-6H2,1H3. The van der Waals surface area contributed by atoms with Crippen LogP contribution in [-0.4, -0.2) is 35.2 Å². The van der Waals surface area contributed by atoms with Gasteiger partial charge in [-0.3, -0.25) is 4.90 Å². The van der Waals surface area contributed by atoms with E-state index in [2.05, 4.69) is 4.90 Å². The van der Waals surface area contributed by atoms with Crippen molar-refractivity contribution >= 4 is 23.2 Å². The molecule has 0 aromatic rings. The SMILES string of the molecule is CC1(O)CCN(CC(Cl)=CCl)C1. The van der Waals surface area contributed by atoms with E-state index < -0.39 is 5.60 Å². The number of likely N-dealkylation sites (tertiary alicyclic amines) is 1. The van der Waals surface area contributed by atoms with Crippen LogP contribution in [0, 0.1) is 0 Å².